The van der Waals surface area contributed by atoms with E-state index in [1.165, 1.54) is 16.4 Å². The molecule has 3 rings (SSSR count). The first-order chi connectivity index (χ1) is 13.8. The van der Waals surface area contributed by atoms with Crippen molar-refractivity contribution in [1.29, 1.82) is 0 Å². The molecule has 1 aliphatic heterocycles. The third-order valence-electron chi connectivity index (χ3n) is 5.21. The molecule has 2 aromatic carbocycles. The van der Waals surface area contributed by atoms with E-state index >= 15 is 0 Å². The summed E-state index contributed by atoms with van der Waals surface area (Å²) in [4.78, 5) is 11.0. The molecule has 29 heavy (non-hydrogen) atoms. The second-order valence-corrected chi connectivity index (χ2v) is 9.13. The van der Waals surface area contributed by atoms with Gasteiger partial charge < -0.3 is 10.1 Å². The summed E-state index contributed by atoms with van der Waals surface area (Å²) < 4.78 is 32.5. The van der Waals surface area contributed by atoms with Gasteiger partial charge in [0.1, 0.15) is 11.4 Å². The van der Waals surface area contributed by atoms with E-state index < -0.39 is 14.9 Å². The van der Waals surface area contributed by atoms with Crippen molar-refractivity contribution >= 4 is 21.4 Å². The van der Waals surface area contributed by atoms with Crippen LogP contribution in [0.25, 0.3) is 0 Å². The predicted octanol–water partition coefficient (Wildman–Crippen LogP) is 3.64. The predicted molar refractivity (Wildman–Crippen MR) is 111 cm³/mol. The summed E-state index contributed by atoms with van der Waals surface area (Å²) in [6, 6.07) is 11.4. The maximum Gasteiger partial charge on any atom is 0.293 e. The molecule has 0 aromatic heterocycles. The highest BCUT2D eigenvalue weighted by atomic mass is 32.2. The SMILES string of the molecule is COc1ccccc1CNc1ccc(S(=O)(=O)N2CCC(C)CC2)cc1[N+](=O)[O-]. The Morgan fingerprint density at radius 3 is 2.55 bits per heavy atom. The largest absolute Gasteiger partial charge is 0.496 e. The third-order valence-corrected chi connectivity index (χ3v) is 7.10. The van der Waals surface area contributed by atoms with Crippen LogP contribution in [0.1, 0.15) is 25.3 Å². The van der Waals surface area contributed by atoms with Crippen molar-refractivity contribution in [2.24, 2.45) is 5.92 Å². The molecule has 0 spiro atoms. The van der Waals surface area contributed by atoms with E-state index in [2.05, 4.69) is 12.2 Å². The van der Waals surface area contributed by atoms with E-state index in [0.29, 0.717) is 31.3 Å². The fourth-order valence-corrected chi connectivity index (χ4v) is 4.88. The molecule has 1 N–H and O–H groups in total. The minimum Gasteiger partial charge on any atom is -0.496 e. The van der Waals surface area contributed by atoms with Gasteiger partial charge in [-0.15, -0.1) is 0 Å². The van der Waals surface area contributed by atoms with Gasteiger partial charge in [-0.05, 0) is 37.0 Å². The number of hydrogen-bond donors (Lipinski definition) is 1. The number of nitrogens with zero attached hydrogens (tertiary/aromatic N) is 2. The van der Waals surface area contributed by atoms with Gasteiger partial charge in [-0.25, -0.2) is 8.42 Å². The molecular formula is C20H25N3O5S. The summed E-state index contributed by atoms with van der Waals surface area (Å²) >= 11 is 0. The van der Waals surface area contributed by atoms with Crippen LogP contribution in [0.5, 0.6) is 5.75 Å². The van der Waals surface area contributed by atoms with Gasteiger partial charge in [0.05, 0.1) is 16.9 Å². The van der Waals surface area contributed by atoms with Crippen molar-refractivity contribution in [1.82, 2.24) is 4.31 Å². The Balaban J connectivity index is 1.84. The molecule has 0 aliphatic carbocycles. The maximum atomic E-state index is 12.9. The molecule has 0 radical (unpaired) electrons. The van der Waals surface area contributed by atoms with Gasteiger partial charge >= 0.3 is 0 Å². The third kappa shape index (κ3) is 4.68. The van der Waals surface area contributed by atoms with E-state index in [-0.39, 0.29) is 16.3 Å². The molecule has 1 heterocycles. The Kier molecular flexibility index (Phi) is 6.39. The Bertz CT molecular complexity index is 985. The fraction of sp³-hybridized carbons (Fsp3) is 0.400. The van der Waals surface area contributed by atoms with Crippen molar-refractivity contribution < 1.29 is 18.1 Å². The summed E-state index contributed by atoms with van der Waals surface area (Å²) in [5.74, 6) is 1.15. The number of piperidine rings is 1. The van der Waals surface area contributed by atoms with Crippen LogP contribution in [0.2, 0.25) is 0 Å². The van der Waals surface area contributed by atoms with Crippen molar-refractivity contribution in [3.63, 3.8) is 0 Å². The van der Waals surface area contributed by atoms with E-state index in [1.54, 1.807) is 13.2 Å². The summed E-state index contributed by atoms with van der Waals surface area (Å²) in [6.07, 6.45) is 1.58. The zero-order valence-electron chi connectivity index (χ0n) is 16.5. The number of hydrogen-bond acceptors (Lipinski definition) is 6. The lowest BCUT2D eigenvalue weighted by atomic mass is 10.0. The Morgan fingerprint density at radius 2 is 1.90 bits per heavy atom. The minimum atomic E-state index is -3.75. The summed E-state index contributed by atoms with van der Waals surface area (Å²) in [5, 5.41) is 14.6. The van der Waals surface area contributed by atoms with Crippen LogP contribution >= 0.6 is 0 Å². The molecule has 1 aliphatic rings. The first kappa shape index (κ1) is 21.1. The minimum absolute atomic E-state index is 0.0541. The average Bonchev–Trinajstić information content (AvgIpc) is 2.72. The van der Waals surface area contributed by atoms with Gasteiger partial charge in [-0.1, -0.05) is 25.1 Å². The maximum absolute atomic E-state index is 12.9. The van der Waals surface area contributed by atoms with Crippen molar-refractivity contribution in [3.05, 3.63) is 58.1 Å². The highest BCUT2D eigenvalue weighted by Gasteiger charge is 2.30. The zero-order chi connectivity index (χ0) is 21.0. The topological polar surface area (TPSA) is 102 Å². The van der Waals surface area contributed by atoms with E-state index in [9.17, 15) is 18.5 Å². The molecule has 1 fully saturated rings. The van der Waals surface area contributed by atoms with Crippen molar-refractivity contribution in [2.45, 2.75) is 31.2 Å². The molecule has 0 unspecified atom stereocenters. The molecule has 0 atom stereocenters. The van der Waals surface area contributed by atoms with Crippen LogP contribution < -0.4 is 10.1 Å². The Hall–Kier alpha value is -2.65. The number of sulfonamides is 1. The van der Waals surface area contributed by atoms with Gasteiger partial charge in [0, 0.05) is 31.3 Å². The molecule has 2 aromatic rings. The van der Waals surface area contributed by atoms with Gasteiger partial charge in [0.15, 0.2) is 0 Å². The summed E-state index contributed by atoms with van der Waals surface area (Å²) in [7, 11) is -2.20. The fourth-order valence-electron chi connectivity index (χ4n) is 3.39. The quantitative estimate of drug-likeness (QED) is 0.543. The molecule has 0 bridgehead atoms. The second kappa shape index (κ2) is 8.79. The molecular weight excluding hydrogens is 394 g/mol. The molecule has 9 heteroatoms. The Labute approximate surface area is 170 Å². The normalized spacial score (nSPS) is 15.8. The van der Waals surface area contributed by atoms with Crippen LogP contribution in [0.15, 0.2) is 47.4 Å². The molecule has 0 amide bonds. The standard InChI is InChI=1S/C20H25N3O5S/c1-15-9-11-22(12-10-15)29(26,27)17-7-8-18(19(13-17)23(24)25)21-14-16-5-3-4-6-20(16)28-2/h3-8,13,15,21H,9-12,14H2,1-2H3. The second-order valence-electron chi connectivity index (χ2n) is 7.19. The van der Waals surface area contributed by atoms with E-state index in [1.807, 2.05) is 18.2 Å². The molecule has 0 saturated carbocycles. The van der Waals surface area contributed by atoms with Crippen LogP contribution in [-0.4, -0.2) is 37.8 Å². The molecule has 156 valence electrons. The number of nitrogens with one attached hydrogen (secondary N) is 1. The lowest BCUT2D eigenvalue weighted by Gasteiger charge is -2.29. The lowest BCUT2D eigenvalue weighted by Crippen LogP contribution is -2.37. The Morgan fingerprint density at radius 1 is 1.21 bits per heavy atom. The van der Waals surface area contributed by atoms with E-state index in [4.69, 9.17) is 4.74 Å². The van der Waals surface area contributed by atoms with Crippen LogP contribution in [0.3, 0.4) is 0 Å². The number of rotatable bonds is 7. The number of ether oxygens (including phenoxy) is 1. The summed E-state index contributed by atoms with van der Waals surface area (Å²) in [6.45, 7) is 3.27. The smallest absolute Gasteiger partial charge is 0.293 e. The highest BCUT2D eigenvalue weighted by molar-refractivity contribution is 7.89. The number of methoxy groups -OCH3 is 1. The first-order valence-corrected chi connectivity index (χ1v) is 10.9. The lowest BCUT2D eigenvalue weighted by molar-refractivity contribution is -0.384. The van der Waals surface area contributed by atoms with Crippen LogP contribution in [-0.2, 0) is 16.6 Å². The monoisotopic (exact) mass is 419 g/mol. The zero-order valence-corrected chi connectivity index (χ0v) is 17.3. The van der Waals surface area contributed by atoms with Crippen LogP contribution in [0.4, 0.5) is 11.4 Å². The number of anilines is 1. The van der Waals surface area contributed by atoms with Gasteiger partial charge in [0.25, 0.3) is 5.69 Å². The molecule has 8 nitrogen and oxygen atoms in total. The van der Waals surface area contributed by atoms with E-state index in [0.717, 1.165) is 24.5 Å². The number of nitro benzene ring substituents is 1. The van der Waals surface area contributed by atoms with Gasteiger partial charge in [-0.2, -0.15) is 4.31 Å². The number of benzene rings is 2. The van der Waals surface area contributed by atoms with Gasteiger partial charge in [0.2, 0.25) is 10.0 Å². The highest BCUT2D eigenvalue weighted by Crippen LogP contribution is 2.31. The van der Waals surface area contributed by atoms with Gasteiger partial charge in [-0.3, -0.25) is 10.1 Å². The first-order valence-electron chi connectivity index (χ1n) is 9.47. The van der Waals surface area contributed by atoms with Crippen molar-refractivity contribution in [3.8, 4) is 5.75 Å². The van der Waals surface area contributed by atoms with Crippen molar-refractivity contribution in [2.75, 3.05) is 25.5 Å². The number of para-hydroxylation sites is 1. The van der Waals surface area contributed by atoms with Crippen LogP contribution in [0, 0.1) is 16.0 Å². The number of nitro groups is 1. The molecule has 1 saturated heterocycles. The summed E-state index contributed by atoms with van der Waals surface area (Å²) in [5.41, 5.74) is 0.821. The average molecular weight is 420 g/mol.